The number of benzene rings is 6. The van der Waals surface area contributed by atoms with Crippen molar-refractivity contribution in [3.63, 3.8) is 0 Å². The third-order valence-corrected chi connectivity index (χ3v) is 9.32. The average molecular weight is 552 g/mol. The molecule has 43 heavy (non-hydrogen) atoms. The van der Waals surface area contributed by atoms with Crippen LogP contribution in [0.15, 0.2) is 124 Å². The summed E-state index contributed by atoms with van der Waals surface area (Å²) in [7, 11) is 0. The highest BCUT2D eigenvalue weighted by Gasteiger charge is 2.36. The molecule has 0 fully saturated rings. The van der Waals surface area contributed by atoms with Crippen molar-refractivity contribution in [2.24, 2.45) is 0 Å². The van der Waals surface area contributed by atoms with Crippen LogP contribution in [-0.2, 0) is 5.41 Å². The number of nitrogens with zero attached hydrogens (tertiary/aromatic N) is 1. The topological polar surface area (TPSA) is 50.1 Å². The lowest BCUT2D eigenvalue weighted by Crippen LogP contribution is -2.15. The number of hydrogen-bond acceptors (Lipinski definition) is 3. The second-order valence-corrected chi connectivity index (χ2v) is 12.0. The van der Waals surface area contributed by atoms with E-state index in [9.17, 15) is 5.26 Å². The summed E-state index contributed by atoms with van der Waals surface area (Å²) in [6, 6.07) is 42.3. The van der Waals surface area contributed by atoms with Crippen LogP contribution in [-0.4, -0.2) is 0 Å². The lowest BCUT2D eigenvalue weighted by molar-refractivity contribution is 0.656. The van der Waals surface area contributed by atoms with Crippen LogP contribution in [0.4, 0.5) is 0 Å². The van der Waals surface area contributed by atoms with Crippen molar-refractivity contribution in [1.29, 1.82) is 5.26 Å². The molecule has 3 nitrogen and oxygen atoms in total. The van der Waals surface area contributed by atoms with E-state index in [4.69, 9.17) is 8.83 Å². The Bertz CT molecular complexity index is 2390. The molecule has 0 bridgehead atoms. The lowest BCUT2D eigenvalue weighted by atomic mass is 9.80. The Morgan fingerprint density at radius 1 is 0.535 bits per heavy atom. The third-order valence-electron chi connectivity index (χ3n) is 9.32. The van der Waals surface area contributed by atoms with Crippen LogP contribution in [0.25, 0.3) is 77.3 Å². The van der Waals surface area contributed by atoms with Crippen LogP contribution in [0.3, 0.4) is 0 Å². The molecule has 0 unspecified atom stereocenters. The van der Waals surface area contributed by atoms with Gasteiger partial charge in [0.2, 0.25) is 0 Å². The Labute approximate surface area is 248 Å². The molecule has 0 saturated heterocycles. The van der Waals surface area contributed by atoms with Gasteiger partial charge in [-0.2, -0.15) is 5.26 Å². The van der Waals surface area contributed by atoms with Crippen LogP contribution >= 0.6 is 0 Å². The highest BCUT2D eigenvalue weighted by Crippen LogP contribution is 2.52. The maximum Gasteiger partial charge on any atom is 0.147 e. The molecule has 2 aromatic heterocycles. The van der Waals surface area contributed by atoms with Crippen molar-refractivity contribution in [3.8, 4) is 39.4 Å². The van der Waals surface area contributed by atoms with Crippen molar-refractivity contribution in [1.82, 2.24) is 0 Å². The monoisotopic (exact) mass is 551 g/mol. The summed E-state index contributed by atoms with van der Waals surface area (Å²) in [5.74, 6) is 0. The predicted molar refractivity (Wildman–Crippen MR) is 174 cm³/mol. The smallest absolute Gasteiger partial charge is 0.147 e. The third kappa shape index (κ3) is 3.29. The zero-order valence-corrected chi connectivity index (χ0v) is 23.7. The van der Waals surface area contributed by atoms with E-state index in [2.05, 4.69) is 86.6 Å². The Hall–Kier alpha value is -5.59. The fourth-order valence-electron chi connectivity index (χ4n) is 7.11. The molecule has 1 aliphatic carbocycles. The first-order chi connectivity index (χ1) is 21.0. The summed E-state index contributed by atoms with van der Waals surface area (Å²) in [5, 5.41) is 13.6. The van der Waals surface area contributed by atoms with E-state index in [-0.39, 0.29) is 5.41 Å². The number of nitriles is 1. The molecular weight excluding hydrogens is 526 g/mol. The molecule has 202 valence electrons. The molecule has 0 radical (unpaired) electrons. The molecule has 0 saturated carbocycles. The van der Waals surface area contributed by atoms with E-state index in [1.54, 1.807) is 0 Å². The van der Waals surface area contributed by atoms with E-state index in [0.29, 0.717) is 5.56 Å². The molecule has 0 atom stereocenters. The summed E-state index contributed by atoms with van der Waals surface area (Å²) in [6.45, 7) is 4.62. The predicted octanol–water partition coefficient (Wildman–Crippen LogP) is 11.0. The Balaban J connectivity index is 1.27. The van der Waals surface area contributed by atoms with Gasteiger partial charge in [0.05, 0.1) is 17.2 Å². The number of fused-ring (bicyclic) bond motifs is 9. The zero-order chi connectivity index (χ0) is 28.9. The Morgan fingerprint density at radius 2 is 1.05 bits per heavy atom. The minimum Gasteiger partial charge on any atom is -0.455 e. The number of furan rings is 2. The van der Waals surface area contributed by atoms with Crippen molar-refractivity contribution < 1.29 is 8.83 Å². The summed E-state index contributed by atoms with van der Waals surface area (Å²) >= 11 is 0. The van der Waals surface area contributed by atoms with Crippen LogP contribution in [0.5, 0.6) is 0 Å². The molecule has 0 amide bonds. The molecule has 9 rings (SSSR count). The van der Waals surface area contributed by atoms with E-state index >= 15 is 0 Å². The molecule has 2 heterocycles. The summed E-state index contributed by atoms with van der Waals surface area (Å²) in [5.41, 5.74) is 13.4. The molecule has 6 aromatic carbocycles. The molecule has 1 aliphatic rings. The molecule has 3 heteroatoms. The number of para-hydroxylation sites is 2. The standard InChI is InChI=1S/C40H25NO2/c1-40(2)33-19-25(24-13-11-23(22-41)12-14-24)15-17-27(33)28-18-16-26(20-34(28)40)37-38-31(29-7-3-5-9-35(29)42-38)21-32-30-8-4-6-10-36(30)43-39(32)37/h3-21H,1-2H3. The molecule has 0 aliphatic heterocycles. The zero-order valence-electron chi connectivity index (χ0n) is 23.7. The van der Waals surface area contributed by atoms with Crippen molar-refractivity contribution >= 4 is 43.9 Å². The first-order valence-corrected chi connectivity index (χ1v) is 14.6. The summed E-state index contributed by atoms with van der Waals surface area (Å²) in [6.07, 6.45) is 0. The highest BCUT2D eigenvalue weighted by atomic mass is 16.3. The molecule has 0 N–H and O–H groups in total. The Morgan fingerprint density at radius 3 is 1.63 bits per heavy atom. The van der Waals surface area contributed by atoms with Gasteiger partial charge in [-0.05, 0) is 81.4 Å². The van der Waals surface area contributed by atoms with Gasteiger partial charge in [-0.25, -0.2) is 0 Å². The first-order valence-electron chi connectivity index (χ1n) is 14.6. The van der Waals surface area contributed by atoms with Crippen LogP contribution in [0.1, 0.15) is 30.5 Å². The van der Waals surface area contributed by atoms with Gasteiger partial charge >= 0.3 is 0 Å². The summed E-state index contributed by atoms with van der Waals surface area (Å²) < 4.78 is 13.2. The molecular formula is C40H25NO2. The van der Waals surface area contributed by atoms with E-state index < -0.39 is 0 Å². The lowest BCUT2D eigenvalue weighted by Gasteiger charge is -2.22. The van der Waals surface area contributed by atoms with E-state index in [1.807, 2.05) is 48.5 Å². The summed E-state index contributed by atoms with van der Waals surface area (Å²) in [4.78, 5) is 0. The van der Waals surface area contributed by atoms with Gasteiger partial charge in [0.1, 0.15) is 22.3 Å². The minimum atomic E-state index is -0.210. The maximum absolute atomic E-state index is 9.23. The molecule has 0 spiro atoms. The fraction of sp³-hybridized carbons (Fsp3) is 0.0750. The first kappa shape index (κ1) is 24.1. The Kier molecular flexibility index (Phi) is 4.74. The van der Waals surface area contributed by atoms with Crippen LogP contribution < -0.4 is 0 Å². The number of rotatable bonds is 2. The largest absolute Gasteiger partial charge is 0.455 e. The van der Waals surface area contributed by atoms with Crippen LogP contribution in [0, 0.1) is 11.3 Å². The van der Waals surface area contributed by atoms with Gasteiger partial charge < -0.3 is 8.83 Å². The van der Waals surface area contributed by atoms with Gasteiger partial charge in [0.25, 0.3) is 0 Å². The maximum atomic E-state index is 9.23. The molecule has 8 aromatic rings. The van der Waals surface area contributed by atoms with Gasteiger partial charge in [0, 0.05) is 27.0 Å². The SMILES string of the molecule is CC1(C)c2cc(-c3ccc(C#N)cc3)ccc2-c2ccc(-c3c4oc5ccccc5c4cc4c3oc3ccccc34)cc21. The second-order valence-electron chi connectivity index (χ2n) is 12.0. The van der Waals surface area contributed by atoms with Crippen LogP contribution in [0.2, 0.25) is 0 Å². The van der Waals surface area contributed by atoms with E-state index in [0.717, 1.165) is 66.1 Å². The van der Waals surface area contributed by atoms with E-state index in [1.165, 1.54) is 22.3 Å². The van der Waals surface area contributed by atoms with Crippen molar-refractivity contribution in [2.75, 3.05) is 0 Å². The van der Waals surface area contributed by atoms with Gasteiger partial charge in [0.15, 0.2) is 0 Å². The minimum absolute atomic E-state index is 0.210. The second kappa shape index (κ2) is 8.47. The normalized spacial score (nSPS) is 13.5. The number of hydrogen-bond donors (Lipinski definition) is 0. The fourth-order valence-corrected chi connectivity index (χ4v) is 7.11. The van der Waals surface area contributed by atoms with Crippen molar-refractivity contribution in [3.05, 3.63) is 132 Å². The van der Waals surface area contributed by atoms with Gasteiger partial charge in [-0.3, -0.25) is 0 Å². The van der Waals surface area contributed by atoms with Gasteiger partial charge in [-0.15, -0.1) is 0 Å². The quantitative estimate of drug-likeness (QED) is 0.215. The van der Waals surface area contributed by atoms with Gasteiger partial charge in [-0.1, -0.05) is 86.6 Å². The average Bonchev–Trinajstić information content (AvgIpc) is 3.67. The highest BCUT2D eigenvalue weighted by molar-refractivity contribution is 6.22. The van der Waals surface area contributed by atoms with Crippen molar-refractivity contribution in [2.45, 2.75) is 19.3 Å².